The maximum absolute atomic E-state index is 15.8. The number of nitrogens with two attached hydrogens (primary N) is 1. The topological polar surface area (TPSA) is 80.0 Å². The molecule has 1 aliphatic heterocycles. The van der Waals surface area contributed by atoms with Gasteiger partial charge in [0.15, 0.2) is 10.9 Å². The number of thiazole rings is 1. The average molecular weight is 461 g/mol. The van der Waals surface area contributed by atoms with Gasteiger partial charge in [0.05, 0.1) is 15.2 Å². The highest BCUT2D eigenvalue weighted by molar-refractivity contribution is 7.22. The van der Waals surface area contributed by atoms with E-state index in [-0.39, 0.29) is 43.5 Å². The monoisotopic (exact) mass is 460 g/mol. The van der Waals surface area contributed by atoms with Crippen LogP contribution in [0.3, 0.4) is 0 Å². The Labute approximate surface area is 186 Å². The molecule has 1 saturated heterocycles. The molecular weight excluding hydrogens is 442 g/mol. The highest BCUT2D eigenvalue weighted by Gasteiger charge is 2.27. The fourth-order valence-electron chi connectivity index (χ4n) is 4.10. The van der Waals surface area contributed by atoms with Crippen molar-refractivity contribution in [2.24, 2.45) is 0 Å². The van der Waals surface area contributed by atoms with Crippen LogP contribution in [-0.2, 0) is 0 Å². The summed E-state index contributed by atoms with van der Waals surface area (Å²) in [7, 11) is 0. The predicted octanol–water partition coefficient (Wildman–Crippen LogP) is 4.61. The van der Waals surface area contributed by atoms with Crippen molar-refractivity contribution in [1.29, 1.82) is 0 Å². The first-order valence-corrected chi connectivity index (χ1v) is 11.0. The lowest BCUT2D eigenvalue weighted by Gasteiger charge is -2.38. The number of benzene rings is 2. The van der Waals surface area contributed by atoms with E-state index in [4.69, 9.17) is 17.3 Å². The average Bonchev–Trinajstić information content (AvgIpc) is 3.14. The molecule has 10 heteroatoms. The molecule has 4 aromatic rings. The van der Waals surface area contributed by atoms with E-state index in [1.807, 2.05) is 0 Å². The maximum Gasteiger partial charge on any atom is 0.181 e. The van der Waals surface area contributed by atoms with E-state index in [2.05, 4.69) is 39.0 Å². The molecular formula is C21H19ClF2N6S. The Morgan fingerprint density at radius 2 is 2.03 bits per heavy atom. The van der Waals surface area contributed by atoms with Crippen molar-refractivity contribution < 1.29 is 8.78 Å². The number of halogens is 3. The largest absolute Gasteiger partial charge is 0.375 e. The summed E-state index contributed by atoms with van der Waals surface area (Å²) in [5.41, 5.74) is 6.71. The number of aromatic nitrogens is 3. The summed E-state index contributed by atoms with van der Waals surface area (Å²) in [4.78, 5) is 15.0. The lowest BCUT2D eigenvalue weighted by molar-refractivity contribution is 0.423. The van der Waals surface area contributed by atoms with E-state index in [0.717, 1.165) is 24.4 Å². The molecule has 2 aromatic carbocycles. The fraction of sp³-hybridized carbons (Fsp3) is 0.286. The molecule has 6 nitrogen and oxygen atoms in total. The van der Waals surface area contributed by atoms with Crippen molar-refractivity contribution in [2.45, 2.75) is 25.9 Å². The minimum Gasteiger partial charge on any atom is -0.375 e. The molecule has 0 bridgehead atoms. The van der Waals surface area contributed by atoms with Crippen LogP contribution in [0, 0.1) is 11.6 Å². The third kappa shape index (κ3) is 3.28. The molecule has 2 atom stereocenters. The summed E-state index contributed by atoms with van der Waals surface area (Å²) >= 11 is 7.60. The molecule has 0 amide bonds. The van der Waals surface area contributed by atoms with Crippen LogP contribution in [0.15, 0.2) is 24.5 Å². The summed E-state index contributed by atoms with van der Waals surface area (Å²) in [5.74, 6) is -0.418. The first kappa shape index (κ1) is 20.3. The number of nitrogens with one attached hydrogen (secondary N) is 1. The summed E-state index contributed by atoms with van der Waals surface area (Å²) < 4.78 is 30.3. The van der Waals surface area contributed by atoms with E-state index < -0.39 is 11.6 Å². The van der Waals surface area contributed by atoms with Crippen LogP contribution in [0.4, 0.5) is 19.7 Å². The van der Waals surface area contributed by atoms with Gasteiger partial charge in [-0.15, -0.1) is 0 Å². The van der Waals surface area contributed by atoms with Crippen LogP contribution in [0.5, 0.6) is 0 Å². The van der Waals surface area contributed by atoms with Crippen LogP contribution in [-0.4, -0.2) is 40.1 Å². The van der Waals surface area contributed by atoms with Crippen molar-refractivity contribution in [2.75, 3.05) is 23.7 Å². The fourth-order valence-corrected chi connectivity index (χ4v) is 5.16. The number of nitrogens with zero attached hydrogens (tertiary/aromatic N) is 4. The summed E-state index contributed by atoms with van der Waals surface area (Å²) in [6, 6.07) is 4.85. The van der Waals surface area contributed by atoms with Gasteiger partial charge in [-0.25, -0.2) is 23.7 Å². The van der Waals surface area contributed by atoms with Gasteiger partial charge in [0.1, 0.15) is 23.5 Å². The molecule has 3 N–H and O–H groups in total. The zero-order chi connectivity index (χ0) is 21.9. The number of anilines is 2. The van der Waals surface area contributed by atoms with E-state index >= 15 is 4.39 Å². The van der Waals surface area contributed by atoms with Gasteiger partial charge in [0.25, 0.3) is 0 Å². The molecule has 0 unspecified atom stereocenters. The number of fused-ring (bicyclic) bond motifs is 2. The standard InChI is InChI=1S/C21H19ClF2N6S/c1-9-7-30(10(2)6-26-9)20-12-5-13(22)15(16(24)17(12)27-8-28-20)11-3-4-14(23)19-18(11)29-21(25)31-19/h3-5,8-10,26H,6-7H2,1-2H3,(H2,25,29)/t9-,10+/m1/s1. The number of hydrogen-bond acceptors (Lipinski definition) is 7. The Hall–Kier alpha value is -2.62. The molecule has 5 rings (SSSR count). The Morgan fingerprint density at radius 1 is 1.23 bits per heavy atom. The molecule has 1 fully saturated rings. The quantitative estimate of drug-likeness (QED) is 0.455. The van der Waals surface area contributed by atoms with Crippen LogP contribution in [0.2, 0.25) is 5.02 Å². The Bertz CT molecular complexity index is 1330. The third-order valence-electron chi connectivity index (χ3n) is 5.62. The van der Waals surface area contributed by atoms with Crippen molar-refractivity contribution in [1.82, 2.24) is 20.3 Å². The Morgan fingerprint density at radius 3 is 2.84 bits per heavy atom. The SMILES string of the molecule is C[C@@H]1CN(c2ncnc3c(F)c(-c4ccc(F)c5sc(N)nc45)c(Cl)cc23)[C@@H](C)CN1. The number of rotatable bonds is 2. The minimum absolute atomic E-state index is 0.121. The van der Waals surface area contributed by atoms with Gasteiger partial charge in [0, 0.05) is 41.7 Å². The van der Waals surface area contributed by atoms with Crippen LogP contribution in [0.1, 0.15) is 13.8 Å². The van der Waals surface area contributed by atoms with E-state index in [1.165, 1.54) is 18.5 Å². The van der Waals surface area contributed by atoms with Crippen molar-refractivity contribution in [3.05, 3.63) is 41.2 Å². The molecule has 0 spiro atoms. The zero-order valence-electron chi connectivity index (χ0n) is 16.8. The van der Waals surface area contributed by atoms with Gasteiger partial charge < -0.3 is 16.0 Å². The van der Waals surface area contributed by atoms with Gasteiger partial charge in [-0.05, 0) is 32.0 Å². The van der Waals surface area contributed by atoms with Gasteiger partial charge >= 0.3 is 0 Å². The first-order valence-electron chi connectivity index (χ1n) is 9.82. The maximum atomic E-state index is 15.8. The first-order chi connectivity index (χ1) is 14.8. The predicted molar refractivity (Wildman–Crippen MR) is 122 cm³/mol. The zero-order valence-corrected chi connectivity index (χ0v) is 18.4. The Kier molecular flexibility index (Phi) is 4.91. The molecule has 3 heterocycles. The normalized spacial score (nSPS) is 19.5. The summed E-state index contributed by atoms with van der Waals surface area (Å²) in [6.07, 6.45) is 1.36. The molecule has 2 aromatic heterocycles. The van der Waals surface area contributed by atoms with Gasteiger partial charge in [-0.1, -0.05) is 22.9 Å². The van der Waals surface area contributed by atoms with Gasteiger partial charge in [0.2, 0.25) is 0 Å². The Balaban J connectivity index is 1.74. The van der Waals surface area contributed by atoms with Gasteiger partial charge in [-0.2, -0.15) is 0 Å². The molecule has 1 aliphatic rings. The number of piperazine rings is 1. The van der Waals surface area contributed by atoms with Crippen molar-refractivity contribution >= 4 is 55.0 Å². The molecule has 0 saturated carbocycles. The molecule has 160 valence electrons. The second-order valence-electron chi connectivity index (χ2n) is 7.78. The molecule has 0 aliphatic carbocycles. The second kappa shape index (κ2) is 7.51. The third-order valence-corrected chi connectivity index (χ3v) is 6.81. The van der Waals surface area contributed by atoms with Gasteiger partial charge in [-0.3, -0.25) is 0 Å². The highest BCUT2D eigenvalue weighted by Crippen LogP contribution is 2.42. The summed E-state index contributed by atoms with van der Waals surface area (Å²) in [5, 5.41) is 4.33. The van der Waals surface area contributed by atoms with Crippen LogP contribution >= 0.6 is 22.9 Å². The van der Waals surface area contributed by atoms with E-state index in [0.29, 0.717) is 16.8 Å². The summed E-state index contributed by atoms with van der Waals surface area (Å²) in [6.45, 7) is 5.69. The van der Waals surface area contributed by atoms with Crippen LogP contribution < -0.4 is 16.0 Å². The smallest absolute Gasteiger partial charge is 0.181 e. The lowest BCUT2D eigenvalue weighted by atomic mass is 10.0. The van der Waals surface area contributed by atoms with E-state index in [9.17, 15) is 4.39 Å². The van der Waals surface area contributed by atoms with E-state index in [1.54, 1.807) is 6.07 Å². The second-order valence-corrected chi connectivity index (χ2v) is 9.21. The van der Waals surface area contributed by atoms with Crippen LogP contribution in [0.25, 0.3) is 32.2 Å². The highest BCUT2D eigenvalue weighted by atomic mass is 35.5. The minimum atomic E-state index is -0.596. The number of hydrogen-bond donors (Lipinski definition) is 2. The molecule has 0 radical (unpaired) electrons. The van der Waals surface area contributed by atoms with Crippen molar-refractivity contribution in [3.63, 3.8) is 0 Å². The number of nitrogen functional groups attached to an aromatic ring is 1. The van der Waals surface area contributed by atoms with Crippen molar-refractivity contribution in [3.8, 4) is 11.1 Å². The molecule has 31 heavy (non-hydrogen) atoms. The lowest BCUT2D eigenvalue weighted by Crippen LogP contribution is -2.54.